The van der Waals surface area contributed by atoms with Crippen molar-refractivity contribution in [3.05, 3.63) is 47.8 Å². The number of nitrogens with zero attached hydrogens (tertiary/aromatic N) is 6. The zero-order valence-corrected chi connectivity index (χ0v) is 14.2. The van der Waals surface area contributed by atoms with Crippen LogP contribution in [-0.4, -0.2) is 37.5 Å². The van der Waals surface area contributed by atoms with Crippen LogP contribution in [0.3, 0.4) is 0 Å². The summed E-state index contributed by atoms with van der Waals surface area (Å²) in [4.78, 5) is 6.68. The molecule has 0 fully saturated rings. The fourth-order valence-electron chi connectivity index (χ4n) is 2.72. The second-order valence-corrected chi connectivity index (χ2v) is 6.11. The van der Waals surface area contributed by atoms with E-state index in [0.717, 1.165) is 34.7 Å². The lowest BCUT2D eigenvalue weighted by molar-refractivity contribution is 0.181. The van der Waals surface area contributed by atoms with Crippen LogP contribution in [-0.2, 0) is 17.9 Å². The SMILES string of the molecule is COCc1cc(N(C)Cc2ccc3nsnc3c2)n2nccc2n1. The molecule has 0 N–H and O–H groups in total. The number of methoxy groups -OCH3 is 1. The molecule has 24 heavy (non-hydrogen) atoms. The summed E-state index contributed by atoms with van der Waals surface area (Å²) < 4.78 is 15.6. The van der Waals surface area contributed by atoms with Crippen molar-refractivity contribution in [2.24, 2.45) is 0 Å². The molecule has 0 saturated carbocycles. The van der Waals surface area contributed by atoms with Crippen LogP contribution < -0.4 is 4.90 Å². The predicted octanol–water partition coefficient (Wildman–Crippen LogP) is 2.52. The summed E-state index contributed by atoms with van der Waals surface area (Å²) in [6.07, 6.45) is 1.75. The van der Waals surface area contributed by atoms with Crippen LogP contribution in [0.15, 0.2) is 36.5 Å². The number of ether oxygens (including phenoxy) is 1. The average molecular weight is 340 g/mol. The first-order chi connectivity index (χ1) is 11.7. The molecule has 0 atom stereocenters. The molecule has 4 aromatic rings. The Morgan fingerprint density at radius 3 is 2.92 bits per heavy atom. The topological polar surface area (TPSA) is 68.4 Å². The molecule has 0 unspecified atom stereocenters. The van der Waals surface area contributed by atoms with Gasteiger partial charge in [0, 0.05) is 32.8 Å². The van der Waals surface area contributed by atoms with Gasteiger partial charge in [-0.15, -0.1) is 0 Å². The number of anilines is 1. The highest BCUT2D eigenvalue weighted by Gasteiger charge is 2.12. The van der Waals surface area contributed by atoms with Crippen LogP contribution in [0.2, 0.25) is 0 Å². The molecule has 122 valence electrons. The van der Waals surface area contributed by atoms with E-state index in [1.54, 1.807) is 13.3 Å². The first-order valence-corrected chi connectivity index (χ1v) is 8.22. The number of fused-ring (bicyclic) bond motifs is 2. The van der Waals surface area contributed by atoms with Crippen LogP contribution in [0.25, 0.3) is 16.7 Å². The van der Waals surface area contributed by atoms with Gasteiger partial charge >= 0.3 is 0 Å². The second kappa shape index (κ2) is 6.14. The Labute approximate surface area is 142 Å². The van der Waals surface area contributed by atoms with Crippen LogP contribution >= 0.6 is 11.7 Å². The highest BCUT2D eigenvalue weighted by molar-refractivity contribution is 7.00. The van der Waals surface area contributed by atoms with E-state index < -0.39 is 0 Å². The Bertz CT molecular complexity index is 994. The standard InChI is InChI=1S/C16H16N6OS/c1-21(9-11-3-4-13-14(7-11)20-24-19-13)16-8-12(10-23-2)18-15-5-6-17-22(15)16/h3-8H,9-10H2,1-2H3. The third kappa shape index (κ3) is 2.70. The van der Waals surface area contributed by atoms with Gasteiger partial charge in [0.25, 0.3) is 0 Å². The Kier molecular flexibility index (Phi) is 3.83. The Hall–Kier alpha value is -2.58. The van der Waals surface area contributed by atoms with Crippen molar-refractivity contribution < 1.29 is 4.74 Å². The van der Waals surface area contributed by atoms with Crippen molar-refractivity contribution >= 4 is 34.2 Å². The number of benzene rings is 1. The van der Waals surface area contributed by atoms with E-state index in [2.05, 4.69) is 35.9 Å². The van der Waals surface area contributed by atoms with Crippen molar-refractivity contribution in [3.8, 4) is 0 Å². The zero-order valence-electron chi connectivity index (χ0n) is 13.4. The van der Waals surface area contributed by atoms with Crippen LogP contribution in [0, 0.1) is 0 Å². The monoisotopic (exact) mass is 340 g/mol. The van der Waals surface area contributed by atoms with Gasteiger partial charge in [0.2, 0.25) is 0 Å². The van der Waals surface area contributed by atoms with E-state index in [1.165, 1.54) is 17.3 Å². The third-order valence-corrected chi connectivity index (χ3v) is 4.37. The van der Waals surface area contributed by atoms with Crippen molar-refractivity contribution in [2.45, 2.75) is 13.2 Å². The highest BCUT2D eigenvalue weighted by atomic mass is 32.1. The van der Waals surface area contributed by atoms with Crippen LogP contribution in [0.5, 0.6) is 0 Å². The van der Waals surface area contributed by atoms with E-state index in [1.807, 2.05) is 29.8 Å². The molecule has 0 aliphatic heterocycles. The van der Waals surface area contributed by atoms with Gasteiger partial charge in [-0.05, 0) is 17.7 Å². The van der Waals surface area contributed by atoms with E-state index in [-0.39, 0.29) is 0 Å². The van der Waals surface area contributed by atoms with Crippen molar-refractivity contribution in [1.82, 2.24) is 23.3 Å². The number of hydrogen-bond acceptors (Lipinski definition) is 7. The third-order valence-electron chi connectivity index (χ3n) is 3.81. The molecule has 0 aliphatic rings. The molecular weight excluding hydrogens is 324 g/mol. The zero-order chi connectivity index (χ0) is 16.5. The van der Waals surface area contributed by atoms with Gasteiger partial charge in [0.1, 0.15) is 16.9 Å². The Balaban J connectivity index is 1.68. The molecule has 7 nitrogen and oxygen atoms in total. The lowest BCUT2D eigenvalue weighted by atomic mass is 10.2. The lowest BCUT2D eigenvalue weighted by Gasteiger charge is -2.20. The summed E-state index contributed by atoms with van der Waals surface area (Å²) in [5, 5.41) is 4.38. The van der Waals surface area contributed by atoms with Gasteiger partial charge in [-0.3, -0.25) is 0 Å². The van der Waals surface area contributed by atoms with E-state index in [0.29, 0.717) is 6.61 Å². The maximum atomic E-state index is 5.22. The number of aromatic nitrogens is 5. The van der Waals surface area contributed by atoms with Gasteiger partial charge in [-0.25, -0.2) is 4.98 Å². The number of rotatable bonds is 5. The smallest absolute Gasteiger partial charge is 0.157 e. The molecule has 0 aliphatic carbocycles. The van der Waals surface area contributed by atoms with Gasteiger partial charge in [-0.1, -0.05) is 6.07 Å². The van der Waals surface area contributed by atoms with E-state index >= 15 is 0 Å². The minimum Gasteiger partial charge on any atom is -0.378 e. The van der Waals surface area contributed by atoms with Crippen molar-refractivity contribution in [2.75, 3.05) is 19.1 Å². The lowest BCUT2D eigenvalue weighted by Crippen LogP contribution is -2.20. The van der Waals surface area contributed by atoms with Crippen LogP contribution in [0.1, 0.15) is 11.3 Å². The van der Waals surface area contributed by atoms with Crippen LogP contribution in [0.4, 0.5) is 5.82 Å². The summed E-state index contributed by atoms with van der Waals surface area (Å²) in [7, 11) is 3.71. The first-order valence-electron chi connectivity index (χ1n) is 7.49. The molecule has 3 aromatic heterocycles. The molecule has 3 heterocycles. The summed E-state index contributed by atoms with van der Waals surface area (Å²) >= 11 is 1.24. The minimum atomic E-state index is 0.471. The summed E-state index contributed by atoms with van der Waals surface area (Å²) in [5.41, 5.74) is 4.73. The van der Waals surface area contributed by atoms with Gasteiger partial charge in [-0.2, -0.15) is 18.4 Å². The highest BCUT2D eigenvalue weighted by Crippen LogP contribution is 2.20. The fraction of sp³-hybridized carbons (Fsp3) is 0.250. The summed E-state index contributed by atoms with van der Waals surface area (Å²) in [5.74, 6) is 0.966. The fourth-order valence-corrected chi connectivity index (χ4v) is 3.24. The molecule has 0 spiro atoms. The molecular formula is C16H16N6OS. The Morgan fingerprint density at radius 1 is 1.17 bits per heavy atom. The average Bonchev–Trinajstić information content (AvgIpc) is 3.22. The molecule has 8 heteroatoms. The minimum absolute atomic E-state index is 0.471. The van der Waals surface area contributed by atoms with Crippen molar-refractivity contribution in [1.29, 1.82) is 0 Å². The predicted molar refractivity (Wildman–Crippen MR) is 93.2 cm³/mol. The first kappa shape index (κ1) is 15.0. The molecule has 0 bridgehead atoms. The van der Waals surface area contributed by atoms with Gasteiger partial charge < -0.3 is 9.64 Å². The van der Waals surface area contributed by atoms with Gasteiger partial charge in [0.05, 0.1) is 30.2 Å². The second-order valence-electron chi connectivity index (χ2n) is 5.58. The maximum Gasteiger partial charge on any atom is 0.157 e. The summed E-state index contributed by atoms with van der Waals surface area (Å²) in [6, 6.07) is 10.1. The van der Waals surface area contributed by atoms with Gasteiger partial charge in [0.15, 0.2) is 5.65 Å². The molecule has 0 amide bonds. The normalized spacial score (nSPS) is 11.4. The molecule has 4 rings (SSSR count). The largest absolute Gasteiger partial charge is 0.378 e. The Morgan fingerprint density at radius 2 is 2.04 bits per heavy atom. The quantitative estimate of drug-likeness (QED) is 0.556. The molecule has 0 radical (unpaired) electrons. The number of hydrogen-bond donors (Lipinski definition) is 0. The van der Waals surface area contributed by atoms with E-state index in [9.17, 15) is 0 Å². The van der Waals surface area contributed by atoms with Crippen molar-refractivity contribution in [3.63, 3.8) is 0 Å². The maximum absolute atomic E-state index is 5.22. The summed E-state index contributed by atoms with van der Waals surface area (Å²) in [6.45, 7) is 1.21. The molecule has 0 saturated heterocycles. The molecule has 1 aromatic carbocycles. The van der Waals surface area contributed by atoms with E-state index in [4.69, 9.17) is 4.74 Å².